The third-order valence-electron chi connectivity index (χ3n) is 3.05. The zero-order chi connectivity index (χ0) is 14.4. The molecular weight excluding hydrogens is 250 g/mol. The fourth-order valence-corrected chi connectivity index (χ4v) is 1.98. The van der Waals surface area contributed by atoms with Gasteiger partial charge in [-0.15, -0.1) is 0 Å². The molecule has 0 radical (unpaired) electrons. The van der Waals surface area contributed by atoms with Crippen LogP contribution in [0.25, 0.3) is 0 Å². The topological polar surface area (TPSA) is 58.7 Å². The molecule has 1 aliphatic rings. The molecule has 4 nitrogen and oxygen atoms in total. The standard InChI is InChI=1S/C16H19N3O/c1-2-3-5-10-15(20)14-11-12-19(18-16(14)17)13-8-6-4-7-9-13/h3-9,11-12,14H,2,10H2,1H3,(H2,17,18)/b5-3+. The van der Waals surface area contributed by atoms with Crippen LogP contribution in [-0.2, 0) is 4.79 Å². The Bertz CT molecular complexity index is 546. The molecule has 1 aromatic rings. The molecule has 0 amide bonds. The van der Waals surface area contributed by atoms with Crippen molar-refractivity contribution < 1.29 is 4.79 Å². The van der Waals surface area contributed by atoms with Crippen LogP contribution < -0.4 is 10.7 Å². The molecule has 2 rings (SSSR count). The molecule has 1 unspecified atom stereocenters. The summed E-state index contributed by atoms with van der Waals surface area (Å²) in [4.78, 5) is 12.0. The van der Waals surface area contributed by atoms with Gasteiger partial charge in [0.2, 0.25) is 0 Å². The number of carbonyl (C=O) groups excluding carboxylic acids is 1. The second-order valence-electron chi connectivity index (χ2n) is 4.57. The fourth-order valence-electron chi connectivity index (χ4n) is 1.98. The normalized spacial score (nSPS) is 18.4. The van der Waals surface area contributed by atoms with E-state index >= 15 is 0 Å². The van der Waals surface area contributed by atoms with E-state index in [1.54, 1.807) is 17.3 Å². The summed E-state index contributed by atoms with van der Waals surface area (Å²) < 4.78 is 0. The van der Waals surface area contributed by atoms with Crippen LogP contribution in [0.15, 0.2) is 59.9 Å². The van der Waals surface area contributed by atoms with E-state index in [1.165, 1.54) is 0 Å². The van der Waals surface area contributed by atoms with Crippen LogP contribution in [-0.4, -0.2) is 11.6 Å². The third kappa shape index (κ3) is 3.35. The number of carbonyl (C=O) groups is 1. The first-order valence-electron chi connectivity index (χ1n) is 6.76. The predicted molar refractivity (Wildman–Crippen MR) is 82.2 cm³/mol. The summed E-state index contributed by atoms with van der Waals surface area (Å²) in [7, 11) is 0. The SMILES string of the molecule is CC/C=C/CC(=O)C1C=CN(c2ccccc2)N=C1N. The first kappa shape index (κ1) is 14.1. The molecule has 0 aromatic heterocycles. The number of para-hydroxylation sites is 1. The maximum absolute atomic E-state index is 12.0. The van der Waals surface area contributed by atoms with Crippen molar-refractivity contribution in [3.05, 3.63) is 54.8 Å². The Balaban J connectivity index is 2.06. The highest BCUT2D eigenvalue weighted by Gasteiger charge is 2.22. The van der Waals surface area contributed by atoms with Crippen LogP contribution in [0.2, 0.25) is 0 Å². The largest absolute Gasteiger partial charge is 0.385 e. The molecule has 1 aliphatic heterocycles. The van der Waals surface area contributed by atoms with Gasteiger partial charge < -0.3 is 5.73 Å². The predicted octanol–water partition coefficient (Wildman–Crippen LogP) is 2.83. The molecule has 1 heterocycles. The number of hydrogen-bond acceptors (Lipinski definition) is 4. The van der Waals surface area contributed by atoms with E-state index in [1.807, 2.05) is 49.4 Å². The van der Waals surface area contributed by atoms with Crippen molar-refractivity contribution in [3.63, 3.8) is 0 Å². The number of nitrogens with two attached hydrogens (primary N) is 1. The summed E-state index contributed by atoms with van der Waals surface area (Å²) in [5.41, 5.74) is 6.84. The number of allylic oxidation sites excluding steroid dienone is 2. The smallest absolute Gasteiger partial charge is 0.151 e. The molecule has 1 aromatic carbocycles. The van der Waals surface area contributed by atoms with Crippen molar-refractivity contribution in [1.82, 2.24) is 0 Å². The monoisotopic (exact) mass is 269 g/mol. The Hall–Kier alpha value is -2.36. The Labute approximate surface area is 119 Å². The summed E-state index contributed by atoms with van der Waals surface area (Å²) >= 11 is 0. The van der Waals surface area contributed by atoms with Gasteiger partial charge in [-0.25, -0.2) is 5.01 Å². The van der Waals surface area contributed by atoms with Crippen LogP contribution >= 0.6 is 0 Å². The van der Waals surface area contributed by atoms with E-state index in [0.29, 0.717) is 12.3 Å². The maximum atomic E-state index is 12.0. The van der Waals surface area contributed by atoms with E-state index in [4.69, 9.17) is 5.73 Å². The quantitative estimate of drug-likeness (QED) is 0.836. The van der Waals surface area contributed by atoms with Gasteiger partial charge in [0, 0.05) is 12.6 Å². The molecular formula is C16H19N3O. The van der Waals surface area contributed by atoms with Crippen molar-refractivity contribution in [3.8, 4) is 0 Å². The van der Waals surface area contributed by atoms with E-state index in [2.05, 4.69) is 5.10 Å². The number of nitrogens with zero attached hydrogens (tertiary/aromatic N) is 2. The molecule has 0 bridgehead atoms. The maximum Gasteiger partial charge on any atom is 0.151 e. The van der Waals surface area contributed by atoms with Gasteiger partial charge in [0.25, 0.3) is 0 Å². The summed E-state index contributed by atoms with van der Waals surface area (Å²) in [6.07, 6.45) is 8.78. The van der Waals surface area contributed by atoms with Crippen molar-refractivity contribution in [2.75, 3.05) is 5.01 Å². The highest BCUT2D eigenvalue weighted by Crippen LogP contribution is 2.19. The summed E-state index contributed by atoms with van der Waals surface area (Å²) in [5, 5.41) is 5.96. The van der Waals surface area contributed by atoms with E-state index in [0.717, 1.165) is 12.1 Å². The molecule has 2 N–H and O–H groups in total. The average Bonchev–Trinajstić information content (AvgIpc) is 2.48. The van der Waals surface area contributed by atoms with Crippen LogP contribution in [0.4, 0.5) is 5.69 Å². The van der Waals surface area contributed by atoms with Gasteiger partial charge in [0.1, 0.15) is 5.84 Å². The Kier molecular flexibility index (Phi) is 4.71. The van der Waals surface area contributed by atoms with E-state index < -0.39 is 5.92 Å². The van der Waals surface area contributed by atoms with Crippen molar-refractivity contribution in [2.24, 2.45) is 16.8 Å². The lowest BCUT2D eigenvalue weighted by Gasteiger charge is -2.22. The first-order valence-corrected chi connectivity index (χ1v) is 6.76. The second-order valence-corrected chi connectivity index (χ2v) is 4.57. The van der Waals surface area contributed by atoms with Gasteiger partial charge >= 0.3 is 0 Å². The summed E-state index contributed by atoms with van der Waals surface area (Å²) in [5.74, 6) is -0.0115. The summed E-state index contributed by atoms with van der Waals surface area (Å²) in [6, 6.07) is 9.68. The van der Waals surface area contributed by atoms with Gasteiger partial charge in [-0.2, -0.15) is 5.10 Å². The first-order chi connectivity index (χ1) is 9.72. The van der Waals surface area contributed by atoms with Crippen LogP contribution in [0.3, 0.4) is 0 Å². The van der Waals surface area contributed by atoms with E-state index in [-0.39, 0.29) is 5.78 Å². The van der Waals surface area contributed by atoms with Crippen LogP contribution in [0, 0.1) is 5.92 Å². The number of amidine groups is 1. The molecule has 1 atom stereocenters. The fraction of sp³-hybridized carbons (Fsp3) is 0.250. The highest BCUT2D eigenvalue weighted by molar-refractivity contribution is 6.06. The highest BCUT2D eigenvalue weighted by atomic mass is 16.1. The van der Waals surface area contributed by atoms with Crippen LogP contribution in [0.5, 0.6) is 0 Å². The number of anilines is 1. The number of Topliss-reactive ketones (excluding diaryl/α,β-unsaturated/α-hetero) is 1. The van der Waals surface area contributed by atoms with Gasteiger partial charge in [-0.3, -0.25) is 4.79 Å². The van der Waals surface area contributed by atoms with Gasteiger partial charge in [0.15, 0.2) is 5.78 Å². The number of hydrogen-bond donors (Lipinski definition) is 1. The number of benzene rings is 1. The molecule has 20 heavy (non-hydrogen) atoms. The van der Waals surface area contributed by atoms with Gasteiger partial charge in [-0.1, -0.05) is 37.3 Å². The lowest BCUT2D eigenvalue weighted by molar-refractivity contribution is -0.119. The van der Waals surface area contributed by atoms with Crippen molar-refractivity contribution in [1.29, 1.82) is 0 Å². The molecule has 0 fully saturated rings. The summed E-state index contributed by atoms with van der Waals surface area (Å²) in [6.45, 7) is 2.04. The Morgan fingerprint density at radius 3 is 2.75 bits per heavy atom. The molecule has 0 aliphatic carbocycles. The molecule has 0 saturated carbocycles. The minimum Gasteiger partial charge on any atom is -0.385 e. The molecule has 4 heteroatoms. The minimum atomic E-state index is -0.420. The Morgan fingerprint density at radius 2 is 2.10 bits per heavy atom. The Morgan fingerprint density at radius 1 is 1.35 bits per heavy atom. The minimum absolute atomic E-state index is 0.0694. The average molecular weight is 269 g/mol. The number of hydrazone groups is 1. The molecule has 104 valence electrons. The van der Waals surface area contributed by atoms with Gasteiger partial charge in [0.05, 0.1) is 11.6 Å². The molecule has 0 saturated heterocycles. The van der Waals surface area contributed by atoms with Crippen molar-refractivity contribution in [2.45, 2.75) is 19.8 Å². The zero-order valence-corrected chi connectivity index (χ0v) is 11.6. The lowest BCUT2D eigenvalue weighted by Crippen LogP contribution is -2.34. The van der Waals surface area contributed by atoms with E-state index in [9.17, 15) is 4.79 Å². The lowest BCUT2D eigenvalue weighted by atomic mass is 9.99. The molecule has 0 spiro atoms. The van der Waals surface area contributed by atoms with Crippen molar-refractivity contribution >= 4 is 17.3 Å². The zero-order valence-electron chi connectivity index (χ0n) is 11.6. The van der Waals surface area contributed by atoms with Gasteiger partial charge in [-0.05, 0) is 24.6 Å². The third-order valence-corrected chi connectivity index (χ3v) is 3.05. The second kappa shape index (κ2) is 6.70. The van der Waals surface area contributed by atoms with Crippen LogP contribution in [0.1, 0.15) is 19.8 Å². The number of rotatable bonds is 5. The number of ketones is 1.